The number of halogens is 3. The summed E-state index contributed by atoms with van der Waals surface area (Å²) in [6.07, 6.45) is 0. The zero-order valence-electron chi connectivity index (χ0n) is 16.6. The maximum atomic E-state index is 13.4. The molecule has 0 fully saturated rings. The number of ether oxygens (including phenoxy) is 3. The number of hydrogen-bond acceptors (Lipinski definition) is 8. The topological polar surface area (TPSA) is 125 Å². The zero-order valence-corrected chi connectivity index (χ0v) is 23.0. The van der Waals surface area contributed by atoms with Gasteiger partial charge >= 0.3 is 17.9 Å². The molecule has 1 aromatic rings. The molecule has 0 radical (unpaired) electrons. The molecular formula is C18H21I3N2O7. The molecule has 1 aromatic carbocycles. The Morgan fingerprint density at radius 3 is 1.70 bits per heavy atom. The first kappa shape index (κ1) is 27.1. The van der Waals surface area contributed by atoms with Crippen molar-refractivity contribution in [2.24, 2.45) is 0 Å². The number of esters is 3. The fourth-order valence-electron chi connectivity index (χ4n) is 2.30. The van der Waals surface area contributed by atoms with Crippen molar-refractivity contribution in [3.05, 3.63) is 21.8 Å². The van der Waals surface area contributed by atoms with Crippen molar-refractivity contribution in [3.8, 4) is 0 Å². The van der Waals surface area contributed by atoms with Crippen LogP contribution in [0, 0.1) is 10.7 Å². The molecule has 0 spiro atoms. The molecule has 0 aliphatic rings. The highest BCUT2D eigenvalue weighted by Gasteiger charge is 2.27. The number of benzene rings is 1. The van der Waals surface area contributed by atoms with Crippen LogP contribution in [-0.4, -0.2) is 55.0 Å². The molecule has 12 heteroatoms. The molecule has 0 heterocycles. The van der Waals surface area contributed by atoms with Crippen molar-refractivity contribution in [3.63, 3.8) is 0 Å². The van der Waals surface area contributed by atoms with Crippen molar-refractivity contribution in [2.75, 3.05) is 32.0 Å². The SMILES string of the molecule is CC(=O)OCCN(CCOC(C)=O)C(=O)c1c(I)c(N)c(I)c(COC(C)=O)c1I. The summed E-state index contributed by atoms with van der Waals surface area (Å²) < 4.78 is 16.9. The second kappa shape index (κ2) is 12.8. The van der Waals surface area contributed by atoms with Crippen LogP contribution in [0.4, 0.5) is 5.69 Å². The first-order chi connectivity index (χ1) is 14.0. The van der Waals surface area contributed by atoms with Crippen LogP contribution in [0.1, 0.15) is 36.7 Å². The monoisotopic (exact) mass is 758 g/mol. The van der Waals surface area contributed by atoms with E-state index in [0.29, 0.717) is 27.5 Å². The third-order valence-electron chi connectivity index (χ3n) is 3.70. The van der Waals surface area contributed by atoms with E-state index in [1.54, 1.807) is 0 Å². The first-order valence-corrected chi connectivity index (χ1v) is 11.8. The van der Waals surface area contributed by atoms with Gasteiger partial charge in [-0.2, -0.15) is 0 Å². The number of nitrogen functional groups attached to an aromatic ring is 1. The third kappa shape index (κ3) is 7.97. The minimum absolute atomic E-state index is 0.00550. The standard InChI is InChI=1S/C18H21I3N2O7/c1-9(24)28-6-4-23(5-7-29-10(2)25)18(27)13-14(19)12(8-30-11(3)26)15(20)17(22)16(13)21/h4-8,22H2,1-3H3. The van der Waals surface area contributed by atoms with Gasteiger partial charge < -0.3 is 24.8 Å². The van der Waals surface area contributed by atoms with E-state index in [9.17, 15) is 19.2 Å². The lowest BCUT2D eigenvalue weighted by Gasteiger charge is -2.25. The number of anilines is 1. The summed E-state index contributed by atoms with van der Waals surface area (Å²) in [6.45, 7) is 4.04. The number of carbonyl (C=O) groups excluding carboxylic acids is 4. The lowest BCUT2D eigenvalue weighted by molar-refractivity contribution is -0.143. The van der Waals surface area contributed by atoms with Gasteiger partial charge in [0.05, 0.1) is 27.9 Å². The summed E-state index contributed by atoms with van der Waals surface area (Å²) in [7, 11) is 0. The Morgan fingerprint density at radius 2 is 1.27 bits per heavy atom. The van der Waals surface area contributed by atoms with Gasteiger partial charge in [-0.25, -0.2) is 0 Å². The molecule has 2 N–H and O–H groups in total. The zero-order chi connectivity index (χ0) is 23.0. The van der Waals surface area contributed by atoms with E-state index in [4.69, 9.17) is 19.9 Å². The van der Waals surface area contributed by atoms with E-state index < -0.39 is 17.9 Å². The molecule has 9 nitrogen and oxygen atoms in total. The van der Waals surface area contributed by atoms with Crippen molar-refractivity contribution >= 4 is 97.3 Å². The Bertz CT molecular complexity index is 826. The highest BCUT2D eigenvalue weighted by atomic mass is 127. The van der Waals surface area contributed by atoms with Crippen molar-refractivity contribution < 1.29 is 33.4 Å². The van der Waals surface area contributed by atoms with Gasteiger partial charge in [-0.15, -0.1) is 0 Å². The van der Waals surface area contributed by atoms with Crippen LogP contribution in [0.2, 0.25) is 0 Å². The van der Waals surface area contributed by atoms with Crippen LogP contribution in [0.15, 0.2) is 0 Å². The van der Waals surface area contributed by atoms with Crippen LogP contribution in [0.5, 0.6) is 0 Å². The quantitative estimate of drug-likeness (QED) is 0.177. The number of hydrogen-bond donors (Lipinski definition) is 1. The molecule has 0 aromatic heterocycles. The largest absolute Gasteiger partial charge is 0.464 e. The normalized spacial score (nSPS) is 10.3. The molecule has 1 rings (SSSR count). The van der Waals surface area contributed by atoms with Crippen molar-refractivity contribution in [1.82, 2.24) is 4.90 Å². The van der Waals surface area contributed by atoms with Gasteiger partial charge in [0.1, 0.15) is 19.8 Å². The molecule has 0 aliphatic carbocycles. The third-order valence-corrected chi connectivity index (χ3v) is 7.24. The van der Waals surface area contributed by atoms with Crippen LogP contribution in [0.25, 0.3) is 0 Å². The highest BCUT2D eigenvalue weighted by molar-refractivity contribution is 14.1. The average molecular weight is 758 g/mol. The molecule has 30 heavy (non-hydrogen) atoms. The van der Waals surface area contributed by atoms with Gasteiger partial charge in [-0.3, -0.25) is 19.2 Å². The Morgan fingerprint density at radius 1 is 0.800 bits per heavy atom. The minimum atomic E-state index is -0.464. The van der Waals surface area contributed by atoms with E-state index in [-0.39, 0.29) is 38.8 Å². The number of nitrogens with zero attached hydrogens (tertiary/aromatic N) is 1. The summed E-state index contributed by atoms with van der Waals surface area (Å²) in [4.78, 5) is 48.2. The Hall–Kier alpha value is -0.910. The maximum absolute atomic E-state index is 13.4. The lowest BCUT2D eigenvalue weighted by atomic mass is 10.1. The summed E-state index contributed by atoms with van der Waals surface area (Å²) in [5.41, 5.74) is 7.59. The van der Waals surface area contributed by atoms with Crippen molar-refractivity contribution in [1.29, 1.82) is 0 Å². The highest BCUT2D eigenvalue weighted by Crippen LogP contribution is 2.35. The fraction of sp³-hybridized carbons (Fsp3) is 0.444. The number of amides is 1. The number of nitrogens with two attached hydrogens (primary N) is 1. The molecule has 0 bridgehead atoms. The summed E-state index contributed by atoms with van der Waals surface area (Å²) in [5.74, 6) is -1.74. The Balaban J connectivity index is 3.29. The second-order valence-corrected chi connectivity index (χ2v) is 9.20. The van der Waals surface area contributed by atoms with E-state index in [1.807, 2.05) is 45.2 Å². The van der Waals surface area contributed by atoms with Crippen LogP contribution in [-0.2, 0) is 35.2 Å². The summed E-state index contributed by atoms with van der Waals surface area (Å²) in [5, 5.41) is 0. The molecule has 0 saturated carbocycles. The van der Waals surface area contributed by atoms with E-state index in [0.717, 1.165) is 0 Å². The average Bonchev–Trinajstić information content (AvgIpc) is 2.64. The minimum Gasteiger partial charge on any atom is -0.464 e. The van der Waals surface area contributed by atoms with Crippen LogP contribution >= 0.6 is 67.8 Å². The van der Waals surface area contributed by atoms with E-state index in [2.05, 4.69) is 22.6 Å². The maximum Gasteiger partial charge on any atom is 0.302 e. The Labute approximate surface area is 215 Å². The van der Waals surface area contributed by atoms with Gasteiger partial charge in [0.15, 0.2) is 0 Å². The molecule has 0 saturated heterocycles. The molecule has 0 aliphatic heterocycles. The second-order valence-electron chi connectivity index (χ2n) is 5.96. The van der Waals surface area contributed by atoms with Gasteiger partial charge in [0.2, 0.25) is 0 Å². The van der Waals surface area contributed by atoms with Gasteiger partial charge in [0, 0.05) is 33.5 Å². The first-order valence-electron chi connectivity index (χ1n) is 8.61. The van der Waals surface area contributed by atoms with Gasteiger partial charge in [0.25, 0.3) is 5.91 Å². The smallest absolute Gasteiger partial charge is 0.302 e. The van der Waals surface area contributed by atoms with E-state index >= 15 is 0 Å². The van der Waals surface area contributed by atoms with Crippen LogP contribution in [0.3, 0.4) is 0 Å². The van der Waals surface area contributed by atoms with Gasteiger partial charge in [-0.05, 0) is 67.8 Å². The predicted molar refractivity (Wildman–Crippen MR) is 134 cm³/mol. The molecule has 1 amide bonds. The fourth-order valence-corrected chi connectivity index (χ4v) is 6.24. The van der Waals surface area contributed by atoms with Crippen molar-refractivity contribution in [2.45, 2.75) is 27.4 Å². The Kier molecular flexibility index (Phi) is 11.6. The number of rotatable bonds is 9. The predicted octanol–water partition coefficient (Wildman–Crippen LogP) is 2.71. The van der Waals surface area contributed by atoms with Crippen LogP contribution < -0.4 is 5.73 Å². The molecule has 0 unspecified atom stereocenters. The summed E-state index contributed by atoms with van der Waals surface area (Å²) in [6, 6.07) is 0. The summed E-state index contributed by atoms with van der Waals surface area (Å²) >= 11 is 6.08. The number of carbonyl (C=O) groups is 4. The molecular weight excluding hydrogens is 737 g/mol. The van der Waals surface area contributed by atoms with Gasteiger partial charge in [-0.1, -0.05) is 0 Å². The van der Waals surface area contributed by atoms with E-state index in [1.165, 1.54) is 25.7 Å². The molecule has 166 valence electrons. The lowest BCUT2D eigenvalue weighted by Crippen LogP contribution is -2.38. The molecule has 0 atom stereocenters.